The number of sulfonamides is 1. The third kappa shape index (κ3) is 3.64. The maximum absolute atomic E-state index is 13.9. The highest BCUT2D eigenvalue weighted by Gasteiger charge is 2.24. The van der Waals surface area contributed by atoms with Gasteiger partial charge in [-0.2, -0.15) is 17.9 Å². The number of nitrogens with zero attached hydrogens (tertiary/aromatic N) is 5. The first-order chi connectivity index (χ1) is 14.4. The highest BCUT2D eigenvalue weighted by molar-refractivity contribution is 7.89. The number of fused-ring (bicyclic) bond motifs is 1. The minimum absolute atomic E-state index is 0.509. The maximum Gasteiger partial charge on any atom is 0.281 e. The van der Waals surface area contributed by atoms with Crippen LogP contribution in [0.15, 0.2) is 77.2 Å². The van der Waals surface area contributed by atoms with Crippen LogP contribution in [0.25, 0.3) is 16.8 Å². The van der Waals surface area contributed by atoms with E-state index in [0.717, 1.165) is 23.3 Å². The number of hydrogen-bond donors (Lipinski definition) is 0. The molecule has 3 heterocycles. The molecule has 0 aliphatic carbocycles. The van der Waals surface area contributed by atoms with Crippen molar-refractivity contribution in [1.29, 1.82) is 0 Å². The first kappa shape index (κ1) is 19.6. The van der Waals surface area contributed by atoms with Crippen LogP contribution in [0.1, 0.15) is 5.69 Å². The Hall–Kier alpha value is -3.66. The number of aromatic nitrogens is 3. The number of halogens is 2. The van der Waals surface area contributed by atoms with Gasteiger partial charge in [-0.1, -0.05) is 6.07 Å². The lowest BCUT2D eigenvalue weighted by Crippen LogP contribution is -2.23. The summed E-state index contributed by atoms with van der Waals surface area (Å²) in [6.45, 7) is 0. The van der Waals surface area contributed by atoms with Gasteiger partial charge in [-0.15, -0.1) is 0 Å². The SMILES string of the molecule is CN(N=Cc1cnc2ccc(-c3cccnc3)cn12)S(=O)(=O)c1ccc(F)cc1F. The van der Waals surface area contributed by atoms with Crippen LogP contribution in [-0.4, -0.2) is 40.5 Å². The average Bonchev–Trinajstić information content (AvgIpc) is 3.14. The van der Waals surface area contributed by atoms with Gasteiger partial charge in [0.25, 0.3) is 10.0 Å². The van der Waals surface area contributed by atoms with E-state index in [9.17, 15) is 17.2 Å². The summed E-state index contributed by atoms with van der Waals surface area (Å²) in [5.74, 6) is -2.05. The van der Waals surface area contributed by atoms with Crippen molar-refractivity contribution < 1.29 is 17.2 Å². The summed E-state index contributed by atoms with van der Waals surface area (Å²) in [6.07, 6.45) is 8.06. The van der Waals surface area contributed by atoms with Crippen molar-refractivity contribution in [3.05, 3.63) is 84.6 Å². The Balaban J connectivity index is 1.66. The van der Waals surface area contributed by atoms with Gasteiger partial charge in [-0.25, -0.2) is 13.8 Å². The normalized spacial score (nSPS) is 12.0. The molecule has 0 N–H and O–H groups in total. The zero-order valence-corrected chi connectivity index (χ0v) is 16.5. The summed E-state index contributed by atoms with van der Waals surface area (Å²) < 4.78 is 54.5. The molecule has 0 fully saturated rings. The minimum Gasteiger partial charge on any atom is -0.298 e. The zero-order chi connectivity index (χ0) is 21.3. The van der Waals surface area contributed by atoms with Gasteiger partial charge in [0.2, 0.25) is 0 Å². The molecule has 10 heteroatoms. The van der Waals surface area contributed by atoms with Gasteiger partial charge in [-0.3, -0.25) is 9.38 Å². The number of rotatable bonds is 5. The van der Waals surface area contributed by atoms with Gasteiger partial charge >= 0.3 is 0 Å². The number of hydrogen-bond acceptors (Lipinski definition) is 5. The van der Waals surface area contributed by atoms with Crippen molar-refractivity contribution in [2.24, 2.45) is 5.10 Å². The van der Waals surface area contributed by atoms with Crippen molar-refractivity contribution in [1.82, 2.24) is 18.8 Å². The van der Waals surface area contributed by atoms with Gasteiger partial charge in [0.15, 0.2) is 0 Å². The highest BCUT2D eigenvalue weighted by Crippen LogP contribution is 2.21. The van der Waals surface area contributed by atoms with Crippen molar-refractivity contribution in [2.75, 3.05) is 7.05 Å². The topological polar surface area (TPSA) is 79.9 Å². The van der Waals surface area contributed by atoms with Gasteiger partial charge in [0, 0.05) is 42.8 Å². The van der Waals surface area contributed by atoms with E-state index in [0.29, 0.717) is 21.8 Å². The van der Waals surface area contributed by atoms with Crippen LogP contribution < -0.4 is 0 Å². The smallest absolute Gasteiger partial charge is 0.281 e. The molecule has 0 spiro atoms. The fourth-order valence-corrected chi connectivity index (χ4v) is 3.83. The Bertz CT molecular complexity index is 1350. The van der Waals surface area contributed by atoms with Gasteiger partial charge in [0.1, 0.15) is 22.2 Å². The van der Waals surface area contributed by atoms with Gasteiger partial charge in [-0.05, 0) is 30.3 Å². The highest BCUT2D eigenvalue weighted by atomic mass is 32.2. The van der Waals surface area contributed by atoms with E-state index in [1.54, 1.807) is 16.8 Å². The molecule has 0 aliphatic rings. The Morgan fingerprint density at radius 3 is 2.67 bits per heavy atom. The quantitative estimate of drug-likeness (QED) is 0.362. The molecule has 7 nitrogen and oxygen atoms in total. The first-order valence-corrected chi connectivity index (χ1v) is 10.2. The van der Waals surface area contributed by atoms with E-state index in [1.165, 1.54) is 19.5 Å². The molecular formula is C20H15F2N5O2S. The summed E-state index contributed by atoms with van der Waals surface area (Å²) in [7, 11) is -3.12. The van der Waals surface area contributed by atoms with E-state index in [1.807, 2.05) is 30.5 Å². The summed E-state index contributed by atoms with van der Waals surface area (Å²) in [5.41, 5.74) is 2.94. The first-order valence-electron chi connectivity index (χ1n) is 8.72. The molecule has 0 unspecified atom stereocenters. The van der Waals surface area contributed by atoms with Crippen molar-refractivity contribution in [3.8, 4) is 11.1 Å². The van der Waals surface area contributed by atoms with Crippen LogP contribution in [0.3, 0.4) is 0 Å². The monoisotopic (exact) mass is 427 g/mol. The second-order valence-electron chi connectivity index (χ2n) is 6.33. The fourth-order valence-electron chi connectivity index (χ4n) is 2.83. The largest absolute Gasteiger partial charge is 0.298 e. The Morgan fingerprint density at radius 1 is 1.10 bits per heavy atom. The lowest BCUT2D eigenvalue weighted by Gasteiger charge is -2.14. The van der Waals surface area contributed by atoms with Gasteiger partial charge in [0.05, 0.1) is 18.1 Å². The zero-order valence-electron chi connectivity index (χ0n) is 15.6. The second kappa shape index (κ2) is 7.64. The van der Waals surface area contributed by atoms with E-state index in [-0.39, 0.29) is 0 Å². The number of benzene rings is 1. The Morgan fingerprint density at radius 2 is 1.93 bits per heavy atom. The molecule has 0 amide bonds. The average molecular weight is 427 g/mol. The maximum atomic E-state index is 13.9. The van der Waals surface area contributed by atoms with E-state index >= 15 is 0 Å². The van der Waals surface area contributed by atoms with E-state index < -0.39 is 26.6 Å². The molecule has 0 atom stereocenters. The molecule has 0 aliphatic heterocycles. The minimum atomic E-state index is -4.29. The Kier molecular flexibility index (Phi) is 5.00. The molecule has 0 bridgehead atoms. The fraction of sp³-hybridized carbons (Fsp3) is 0.0500. The van der Waals surface area contributed by atoms with Crippen LogP contribution >= 0.6 is 0 Å². The molecule has 0 saturated carbocycles. The number of hydrazone groups is 1. The van der Waals surface area contributed by atoms with Crippen LogP contribution in [0, 0.1) is 11.6 Å². The summed E-state index contributed by atoms with van der Waals surface area (Å²) in [6, 6.07) is 9.69. The van der Waals surface area contributed by atoms with Crippen molar-refractivity contribution in [2.45, 2.75) is 4.90 Å². The van der Waals surface area contributed by atoms with Crippen LogP contribution in [0.2, 0.25) is 0 Å². The van der Waals surface area contributed by atoms with Crippen molar-refractivity contribution >= 4 is 21.9 Å². The lowest BCUT2D eigenvalue weighted by molar-refractivity contribution is 0.479. The summed E-state index contributed by atoms with van der Waals surface area (Å²) in [5, 5.41) is 3.92. The molecule has 30 heavy (non-hydrogen) atoms. The van der Waals surface area contributed by atoms with Crippen LogP contribution in [-0.2, 0) is 10.0 Å². The molecule has 3 aromatic heterocycles. The molecule has 1 aromatic carbocycles. The van der Waals surface area contributed by atoms with E-state index in [4.69, 9.17) is 0 Å². The summed E-state index contributed by atoms with van der Waals surface area (Å²) in [4.78, 5) is 7.70. The van der Waals surface area contributed by atoms with Gasteiger partial charge < -0.3 is 0 Å². The standard InChI is InChI=1S/C20H15F2N5O2S/c1-26(30(28,29)19-6-5-16(21)9-18(19)22)25-12-17-11-24-20-7-4-15(13-27(17)20)14-3-2-8-23-10-14/h2-13H,1H3. The Labute approximate surface area is 171 Å². The molecule has 4 aromatic rings. The van der Waals surface area contributed by atoms with Crippen molar-refractivity contribution in [3.63, 3.8) is 0 Å². The molecule has 0 radical (unpaired) electrons. The number of imidazole rings is 1. The van der Waals surface area contributed by atoms with Crippen LogP contribution in [0.5, 0.6) is 0 Å². The molecular weight excluding hydrogens is 412 g/mol. The number of pyridine rings is 2. The predicted octanol–water partition coefficient (Wildman–Crippen LogP) is 3.33. The third-order valence-electron chi connectivity index (χ3n) is 4.40. The predicted molar refractivity (Wildman–Crippen MR) is 107 cm³/mol. The summed E-state index contributed by atoms with van der Waals surface area (Å²) >= 11 is 0. The third-order valence-corrected chi connectivity index (χ3v) is 6.08. The molecule has 4 rings (SSSR count). The van der Waals surface area contributed by atoms with Crippen LogP contribution in [0.4, 0.5) is 8.78 Å². The molecule has 0 saturated heterocycles. The second-order valence-corrected chi connectivity index (χ2v) is 8.25. The van der Waals surface area contributed by atoms with E-state index in [2.05, 4.69) is 15.1 Å². The molecule has 152 valence electrons. The lowest BCUT2D eigenvalue weighted by atomic mass is 10.1.